The van der Waals surface area contributed by atoms with Crippen LogP contribution in [-0.4, -0.2) is 36.1 Å². The standard InChI is InChI=1S/C20H15NO5S2/c22-18(23)12-21-11-16-10-17(27-20(16)28(21,25)26)13-6-8-15(9-7-13)19(24)14-4-2-1-3-5-14/h1-10H,11-12H2,(H,22,23). The van der Waals surface area contributed by atoms with E-state index in [0.717, 1.165) is 26.1 Å². The van der Waals surface area contributed by atoms with Gasteiger partial charge in [0.25, 0.3) is 10.0 Å². The summed E-state index contributed by atoms with van der Waals surface area (Å²) >= 11 is 1.12. The number of aliphatic carboxylic acids is 1. The van der Waals surface area contributed by atoms with Gasteiger partial charge in [-0.1, -0.05) is 54.6 Å². The fourth-order valence-electron chi connectivity index (χ4n) is 3.11. The van der Waals surface area contributed by atoms with Crippen LogP contribution < -0.4 is 0 Å². The van der Waals surface area contributed by atoms with Crippen molar-refractivity contribution in [2.24, 2.45) is 0 Å². The molecule has 1 N–H and O–H groups in total. The smallest absolute Gasteiger partial charge is 0.318 e. The molecule has 0 spiro atoms. The SMILES string of the molecule is O=C(O)CN1Cc2cc(-c3ccc(C(=O)c4ccccc4)cc3)sc2S1(=O)=O. The van der Waals surface area contributed by atoms with Gasteiger partial charge in [-0.2, -0.15) is 4.31 Å². The minimum Gasteiger partial charge on any atom is -0.480 e. The first-order valence-electron chi connectivity index (χ1n) is 8.41. The lowest BCUT2D eigenvalue weighted by atomic mass is 10.0. The summed E-state index contributed by atoms with van der Waals surface area (Å²) in [4.78, 5) is 24.1. The molecule has 0 saturated heterocycles. The Bertz CT molecular complexity index is 1170. The molecule has 0 amide bonds. The number of carbonyl (C=O) groups is 2. The first-order chi connectivity index (χ1) is 13.4. The van der Waals surface area contributed by atoms with Crippen LogP contribution in [0.1, 0.15) is 21.5 Å². The summed E-state index contributed by atoms with van der Waals surface area (Å²) in [5.41, 5.74) is 2.57. The number of fused-ring (bicyclic) bond motifs is 1. The van der Waals surface area contributed by atoms with E-state index in [2.05, 4.69) is 0 Å². The fourth-order valence-corrected chi connectivity index (χ4v) is 6.30. The molecular formula is C20H15NO5S2. The van der Waals surface area contributed by atoms with Crippen LogP contribution >= 0.6 is 11.3 Å². The second-order valence-corrected chi connectivity index (χ2v) is 9.55. The van der Waals surface area contributed by atoms with Crippen LogP contribution in [0.4, 0.5) is 0 Å². The van der Waals surface area contributed by atoms with E-state index in [0.29, 0.717) is 16.7 Å². The number of rotatable bonds is 5. The van der Waals surface area contributed by atoms with Gasteiger partial charge in [-0.15, -0.1) is 11.3 Å². The van der Waals surface area contributed by atoms with Crippen LogP contribution in [0.25, 0.3) is 10.4 Å². The van der Waals surface area contributed by atoms with Crippen molar-refractivity contribution < 1.29 is 23.1 Å². The van der Waals surface area contributed by atoms with E-state index in [-0.39, 0.29) is 16.5 Å². The lowest BCUT2D eigenvalue weighted by molar-refractivity contribution is -0.137. The minimum absolute atomic E-state index is 0.0606. The number of hydrogen-bond donors (Lipinski definition) is 1. The van der Waals surface area contributed by atoms with Crippen molar-refractivity contribution in [3.8, 4) is 10.4 Å². The van der Waals surface area contributed by atoms with Crippen molar-refractivity contribution in [3.63, 3.8) is 0 Å². The second kappa shape index (κ2) is 6.97. The van der Waals surface area contributed by atoms with Crippen LogP contribution in [0.15, 0.2) is 64.9 Å². The molecule has 1 aliphatic rings. The van der Waals surface area contributed by atoms with Crippen LogP contribution in [-0.2, 0) is 21.4 Å². The summed E-state index contributed by atoms with van der Waals surface area (Å²) in [5, 5.41) is 8.88. The van der Waals surface area contributed by atoms with E-state index in [1.165, 1.54) is 0 Å². The maximum Gasteiger partial charge on any atom is 0.318 e. The molecule has 1 aliphatic heterocycles. The Labute approximate surface area is 165 Å². The van der Waals surface area contributed by atoms with E-state index in [1.54, 1.807) is 42.5 Å². The predicted molar refractivity (Wildman–Crippen MR) is 105 cm³/mol. The van der Waals surface area contributed by atoms with E-state index < -0.39 is 22.5 Å². The zero-order valence-corrected chi connectivity index (χ0v) is 16.2. The van der Waals surface area contributed by atoms with Gasteiger partial charge in [0.15, 0.2) is 5.78 Å². The molecule has 2 aromatic carbocycles. The van der Waals surface area contributed by atoms with Crippen LogP contribution in [0.5, 0.6) is 0 Å². The number of carboxylic acid groups (broad SMARTS) is 1. The Morgan fingerprint density at radius 2 is 1.64 bits per heavy atom. The third-order valence-electron chi connectivity index (χ3n) is 4.47. The number of sulfonamides is 1. The van der Waals surface area contributed by atoms with Crippen molar-refractivity contribution in [3.05, 3.63) is 77.4 Å². The zero-order valence-electron chi connectivity index (χ0n) is 14.5. The zero-order chi connectivity index (χ0) is 19.9. The number of benzene rings is 2. The Kier molecular flexibility index (Phi) is 4.62. The van der Waals surface area contributed by atoms with Gasteiger partial charge in [0.1, 0.15) is 10.8 Å². The van der Waals surface area contributed by atoms with Crippen LogP contribution in [0.2, 0.25) is 0 Å². The molecule has 142 valence electrons. The Hall–Kier alpha value is -2.81. The van der Waals surface area contributed by atoms with E-state index in [4.69, 9.17) is 5.11 Å². The Morgan fingerprint density at radius 1 is 1.00 bits per heavy atom. The highest BCUT2D eigenvalue weighted by Crippen LogP contribution is 2.41. The Morgan fingerprint density at radius 3 is 2.25 bits per heavy atom. The maximum absolute atomic E-state index is 12.5. The average molecular weight is 413 g/mol. The topological polar surface area (TPSA) is 91.8 Å². The fraction of sp³-hybridized carbons (Fsp3) is 0.100. The molecule has 3 aromatic rings. The molecule has 0 aliphatic carbocycles. The number of ketones is 1. The third kappa shape index (κ3) is 3.26. The number of nitrogens with zero attached hydrogens (tertiary/aromatic N) is 1. The average Bonchev–Trinajstić information content (AvgIpc) is 3.20. The molecule has 0 bridgehead atoms. The summed E-state index contributed by atoms with van der Waals surface area (Å²) in [6.45, 7) is -0.486. The van der Waals surface area contributed by atoms with Crippen molar-refractivity contribution in [2.75, 3.05) is 6.54 Å². The molecule has 0 saturated carbocycles. The van der Waals surface area contributed by atoms with Gasteiger partial charge < -0.3 is 5.11 Å². The van der Waals surface area contributed by atoms with Gasteiger partial charge >= 0.3 is 5.97 Å². The van der Waals surface area contributed by atoms with Gasteiger partial charge in [0.05, 0.1) is 0 Å². The van der Waals surface area contributed by atoms with E-state index in [1.807, 2.05) is 18.2 Å². The first kappa shape index (κ1) is 18.5. The minimum atomic E-state index is -3.77. The number of carboxylic acids is 1. The van der Waals surface area contributed by atoms with Gasteiger partial charge in [0.2, 0.25) is 0 Å². The molecule has 2 heterocycles. The molecule has 1 aromatic heterocycles. The van der Waals surface area contributed by atoms with Crippen LogP contribution in [0, 0.1) is 0 Å². The first-order valence-corrected chi connectivity index (χ1v) is 10.7. The molecular weight excluding hydrogens is 398 g/mol. The van der Waals surface area contributed by atoms with Crippen LogP contribution in [0.3, 0.4) is 0 Å². The van der Waals surface area contributed by atoms with Gasteiger partial charge in [0, 0.05) is 22.5 Å². The quantitative estimate of drug-likeness (QED) is 0.649. The summed E-state index contributed by atoms with van der Waals surface area (Å²) in [7, 11) is -3.77. The van der Waals surface area contributed by atoms with Crippen molar-refractivity contribution in [2.45, 2.75) is 10.8 Å². The van der Waals surface area contributed by atoms with Crippen molar-refractivity contribution >= 4 is 33.1 Å². The second-order valence-electron chi connectivity index (χ2n) is 6.36. The monoisotopic (exact) mass is 413 g/mol. The molecule has 6 nitrogen and oxygen atoms in total. The summed E-state index contributed by atoms with van der Waals surface area (Å²) in [6, 6.07) is 17.8. The molecule has 0 unspecified atom stereocenters. The number of carbonyl (C=O) groups excluding carboxylic acids is 1. The highest BCUT2D eigenvalue weighted by Gasteiger charge is 2.38. The molecule has 28 heavy (non-hydrogen) atoms. The van der Waals surface area contributed by atoms with Gasteiger partial charge in [-0.3, -0.25) is 9.59 Å². The largest absolute Gasteiger partial charge is 0.480 e. The molecule has 0 fully saturated rings. The third-order valence-corrected chi connectivity index (χ3v) is 8.04. The van der Waals surface area contributed by atoms with Crippen molar-refractivity contribution in [1.29, 1.82) is 0 Å². The summed E-state index contributed by atoms with van der Waals surface area (Å²) < 4.78 is 26.1. The lowest BCUT2D eigenvalue weighted by Gasteiger charge is -2.11. The van der Waals surface area contributed by atoms with Gasteiger partial charge in [-0.25, -0.2) is 8.42 Å². The highest BCUT2D eigenvalue weighted by atomic mass is 32.2. The maximum atomic E-state index is 12.5. The molecule has 8 heteroatoms. The number of hydrogen-bond acceptors (Lipinski definition) is 5. The lowest BCUT2D eigenvalue weighted by Crippen LogP contribution is -2.30. The van der Waals surface area contributed by atoms with E-state index in [9.17, 15) is 18.0 Å². The number of thiophene rings is 1. The molecule has 0 atom stereocenters. The summed E-state index contributed by atoms with van der Waals surface area (Å²) in [6.07, 6.45) is 0. The van der Waals surface area contributed by atoms with Gasteiger partial charge in [-0.05, 0) is 17.2 Å². The highest BCUT2D eigenvalue weighted by molar-refractivity contribution is 7.91. The Balaban J connectivity index is 1.59. The molecule has 0 radical (unpaired) electrons. The normalized spacial score (nSPS) is 15.3. The van der Waals surface area contributed by atoms with Crippen molar-refractivity contribution in [1.82, 2.24) is 4.31 Å². The predicted octanol–water partition coefficient (Wildman–Crippen LogP) is 3.24. The van der Waals surface area contributed by atoms with E-state index >= 15 is 0 Å². The molecule has 4 rings (SSSR count). The summed E-state index contributed by atoms with van der Waals surface area (Å²) in [5.74, 6) is -1.26.